The molecule has 0 aliphatic carbocycles. The van der Waals surface area contributed by atoms with Crippen molar-refractivity contribution in [3.8, 4) is 0 Å². The first-order valence-electron chi connectivity index (χ1n) is 13.6. The highest BCUT2D eigenvalue weighted by molar-refractivity contribution is 5.99. The Morgan fingerprint density at radius 3 is 1.79 bits per heavy atom. The third-order valence-corrected chi connectivity index (χ3v) is 6.67. The van der Waals surface area contributed by atoms with Gasteiger partial charge in [-0.3, -0.25) is 14.4 Å². The van der Waals surface area contributed by atoms with E-state index in [2.05, 4.69) is 16.0 Å². The Hall–Kier alpha value is -2.98. The highest BCUT2D eigenvalue weighted by atomic mass is 16.5. The summed E-state index contributed by atoms with van der Waals surface area (Å²) in [6.07, 6.45) is -0.504. The summed E-state index contributed by atoms with van der Waals surface area (Å²) in [5.74, 6) is -2.43. The monoisotopic (exact) mass is 549 g/mol. The molecule has 1 aromatic carbocycles. The van der Waals surface area contributed by atoms with Gasteiger partial charge in [0.05, 0.1) is 31.9 Å². The van der Waals surface area contributed by atoms with E-state index >= 15 is 0 Å². The number of benzene rings is 1. The lowest BCUT2D eigenvalue weighted by Gasteiger charge is -2.28. The Balaban J connectivity index is 2.97. The lowest BCUT2D eigenvalue weighted by atomic mass is 9.91. The minimum Gasteiger partial charge on any atom is -0.467 e. The van der Waals surface area contributed by atoms with Gasteiger partial charge in [0.25, 0.3) is 11.8 Å². The third-order valence-electron chi connectivity index (χ3n) is 6.67. The van der Waals surface area contributed by atoms with Gasteiger partial charge < -0.3 is 30.9 Å². The number of aliphatic hydroxyl groups excluding tert-OH is 2. The van der Waals surface area contributed by atoms with Crippen LogP contribution in [0.4, 0.5) is 0 Å². The van der Waals surface area contributed by atoms with E-state index in [0.29, 0.717) is 6.42 Å². The van der Waals surface area contributed by atoms with Gasteiger partial charge in [-0.05, 0) is 48.8 Å². The summed E-state index contributed by atoms with van der Waals surface area (Å²) in [5, 5.41) is 28.9. The van der Waals surface area contributed by atoms with Gasteiger partial charge in [0, 0.05) is 17.0 Å². The molecule has 0 radical (unpaired) electrons. The maximum Gasteiger partial charge on any atom is 0.328 e. The van der Waals surface area contributed by atoms with Crippen LogP contribution in [0.5, 0.6) is 0 Å². The van der Waals surface area contributed by atoms with Crippen molar-refractivity contribution in [2.45, 2.75) is 85.5 Å². The fourth-order valence-electron chi connectivity index (χ4n) is 4.10. The van der Waals surface area contributed by atoms with Crippen LogP contribution in [0.3, 0.4) is 0 Å². The SMILES string of the molecule is COC(=O)[C@@H](NC(=O)[C@H](C)C[C@H](O)[C@H](CC(C)C)NC(=O)c1cccc(C(=O)NC(CO)C(C)C)c1)C(C)C. The number of methoxy groups -OCH3 is 1. The van der Waals surface area contributed by atoms with E-state index in [9.17, 15) is 29.4 Å². The molecule has 39 heavy (non-hydrogen) atoms. The zero-order valence-corrected chi connectivity index (χ0v) is 24.5. The van der Waals surface area contributed by atoms with Crippen molar-refractivity contribution in [2.75, 3.05) is 13.7 Å². The molecule has 3 amide bonds. The second-order valence-corrected chi connectivity index (χ2v) is 11.3. The standard InChI is InChI=1S/C29H47N3O7/c1-16(2)12-22(24(34)13-19(7)26(35)32-25(18(5)6)29(38)39-8)30-27(36)20-10-9-11-21(14-20)28(37)31-23(15-33)17(3)4/h9-11,14,16-19,22-25,33-34H,12-13,15H2,1-8H3,(H,30,36)(H,31,37)(H,32,35)/t19-,22+,23?,24+,25+/m1/s1. The molecule has 10 heteroatoms. The molecule has 0 saturated carbocycles. The summed E-state index contributed by atoms with van der Waals surface area (Å²) in [6, 6.07) is 4.36. The number of hydrogen-bond donors (Lipinski definition) is 5. The van der Waals surface area contributed by atoms with Gasteiger partial charge in [-0.1, -0.05) is 54.5 Å². The first kappa shape index (κ1) is 34.0. The number of esters is 1. The quantitative estimate of drug-likeness (QED) is 0.210. The molecular weight excluding hydrogens is 502 g/mol. The molecule has 1 rings (SSSR count). The molecule has 0 bridgehead atoms. The second kappa shape index (κ2) is 16.2. The van der Waals surface area contributed by atoms with Crippen molar-refractivity contribution in [1.29, 1.82) is 0 Å². The summed E-state index contributed by atoms with van der Waals surface area (Å²) < 4.78 is 4.77. The number of ether oxygens (including phenoxy) is 1. The van der Waals surface area contributed by atoms with Crippen LogP contribution < -0.4 is 16.0 Å². The molecule has 1 aromatic rings. The predicted octanol–water partition coefficient (Wildman–Crippen LogP) is 2.28. The molecule has 10 nitrogen and oxygen atoms in total. The van der Waals surface area contributed by atoms with Crippen molar-refractivity contribution >= 4 is 23.7 Å². The van der Waals surface area contributed by atoms with E-state index in [4.69, 9.17) is 4.74 Å². The smallest absolute Gasteiger partial charge is 0.328 e. The molecule has 1 unspecified atom stereocenters. The Morgan fingerprint density at radius 1 is 0.821 bits per heavy atom. The normalized spacial score (nSPS) is 15.3. The van der Waals surface area contributed by atoms with E-state index < -0.39 is 53.8 Å². The predicted molar refractivity (Wildman–Crippen MR) is 149 cm³/mol. The summed E-state index contributed by atoms with van der Waals surface area (Å²) in [4.78, 5) is 50.6. The lowest BCUT2D eigenvalue weighted by Crippen LogP contribution is -2.49. The van der Waals surface area contributed by atoms with Crippen molar-refractivity contribution in [3.05, 3.63) is 35.4 Å². The van der Waals surface area contributed by atoms with Gasteiger partial charge in [-0.25, -0.2) is 4.79 Å². The molecule has 5 N–H and O–H groups in total. The molecule has 220 valence electrons. The molecule has 5 atom stereocenters. The first-order valence-corrected chi connectivity index (χ1v) is 13.6. The van der Waals surface area contributed by atoms with Crippen LogP contribution in [0.15, 0.2) is 24.3 Å². The average Bonchev–Trinajstić information content (AvgIpc) is 2.88. The van der Waals surface area contributed by atoms with E-state index in [0.717, 1.165) is 0 Å². The van der Waals surface area contributed by atoms with E-state index in [1.54, 1.807) is 39.0 Å². The van der Waals surface area contributed by atoms with Crippen LogP contribution >= 0.6 is 0 Å². The fourth-order valence-corrected chi connectivity index (χ4v) is 4.10. The number of carbonyl (C=O) groups is 4. The highest BCUT2D eigenvalue weighted by Crippen LogP contribution is 2.18. The van der Waals surface area contributed by atoms with Gasteiger partial charge in [0.1, 0.15) is 6.04 Å². The van der Waals surface area contributed by atoms with Crippen LogP contribution in [-0.4, -0.2) is 71.9 Å². The maximum absolute atomic E-state index is 13.1. The van der Waals surface area contributed by atoms with Crippen LogP contribution in [0.25, 0.3) is 0 Å². The number of amides is 3. The number of rotatable bonds is 15. The Kier molecular flexibility index (Phi) is 14.1. The Bertz CT molecular complexity index is 964. The molecular formula is C29H47N3O7. The minimum absolute atomic E-state index is 0.0323. The van der Waals surface area contributed by atoms with Crippen molar-refractivity contribution in [1.82, 2.24) is 16.0 Å². The largest absolute Gasteiger partial charge is 0.467 e. The first-order chi connectivity index (χ1) is 18.2. The van der Waals surface area contributed by atoms with Gasteiger partial charge in [0.15, 0.2) is 0 Å². The molecule has 0 fully saturated rings. The Labute approximate surface area is 232 Å². The summed E-state index contributed by atoms with van der Waals surface area (Å²) >= 11 is 0. The summed E-state index contributed by atoms with van der Waals surface area (Å²) in [7, 11) is 1.26. The third kappa shape index (κ3) is 11.0. The number of carbonyl (C=O) groups excluding carboxylic acids is 4. The van der Waals surface area contributed by atoms with Crippen LogP contribution in [0, 0.1) is 23.7 Å². The van der Waals surface area contributed by atoms with Crippen molar-refractivity contribution in [2.24, 2.45) is 23.7 Å². The number of nitrogens with one attached hydrogen (secondary N) is 3. The van der Waals surface area contributed by atoms with Crippen molar-refractivity contribution < 1.29 is 34.1 Å². The van der Waals surface area contributed by atoms with Crippen LogP contribution in [-0.2, 0) is 14.3 Å². The van der Waals surface area contributed by atoms with Gasteiger partial charge in [0.2, 0.25) is 5.91 Å². The zero-order chi connectivity index (χ0) is 29.9. The van der Waals surface area contributed by atoms with Crippen LogP contribution in [0.2, 0.25) is 0 Å². The number of hydrogen-bond acceptors (Lipinski definition) is 7. The molecule has 0 saturated heterocycles. The molecule has 0 spiro atoms. The lowest BCUT2D eigenvalue weighted by molar-refractivity contribution is -0.147. The van der Waals surface area contributed by atoms with E-state index in [-0.39, 0.29) is 41.9 Å². The fraction of sp³-hybridized carbons (Fsp3) is 0.655. The topological polar surface area (TPSA) is 154 Å². The summed E-state index contributed by atoms with van der Waals surface area (Å²) in [6.45, 7) is 12.7. The van der Waals surface area contributed by atoms with Gasteiger partial charge in [-0.15, -0.1) is 0 Å². The van der Waals surface area contributed by atoms with Gasteiger partial charge >= 0.3 is 5.97 Å². The molecule has 0 aliphatic heterocycles. The highest BCUT2D eigenvalue weighted by Gasteiger charge is 2.30. The zero-order valence-electron chi connectivity index (χ0n) is 24.5. The van der Waals surface area contributed by atoms with Crippen LogP contribution in [0.1, 0.15) is 82.0 Å². The Morgan fingerprint density at radius 2 is 1.36 bits per heavy atom. The molecule has 0 heterocycles. The average molecular weight is 550 g/mol. The van der Waals surface area contributed by atoms with E-state index in [1.165, 1.54) is 13.2 Å². The van der Waals surface area contributed by atoms with E-state index in [1.807, 2.05) is 27.7 Å². The second-order valence-electron chi connectivity index (χ2n) is 11.3. The minimum atomic E-state index is -1.03. The molecule has 0 aromatic heterocycles. The summed E-state index contributed by atoms with van der Waals surface area (Å²) in [5.41, 5.74) is 0.524. The maximum atomic E-state index is 13.1. The van der Waals surface area contributed by atoms with Gasteiger partial charge in [-0.2, -0.15) is 0 Å². The van der Waals surface area contributed by atoms with Crippen molar-refractivity contribution in [3.63, 3.8) is 0 Å². The molecule has 0 aliphatic rings. The number of aliphatic hydroxyl groups is 2.